The molecule has 0 radical (unpaired) electrons. The monoisotopic (exact) mass is 333 g/mol. The number of halogens is 1. The summed E-state index contributed by atoms with van der Waals surface area (Å²) in [6.45, 7) is 4.08. The van der Waals surface area contributed by atoms with Crippen LogP contribution in [0, 0.1) is 5.82 Å². The first kappa shape index (κ1) is 17.3. The second-order valence-corrected chi connectivity index (χ2v) is 6.97. The van der Waals surface area contributed by atoms with Gasteiger partial charge in [0, 0.05) is 28.8 Å². The molecule has 1 amide bonds. The summed E-state index contributed by atoms with van der Waals surface area (Å²) >= 11 is 0. The Labute approximate surface area is 138 Å². The topological polar surface area (TPSA) is 37.4 Å². The van der Waals surface area contributed by atoms with Crippen LogP contribution in [0.4, 0.5) is 10.1 Å². The van der Waals surface area contributed by atoms with E-state index in [0.29, 0.717) is 6.54 Å². The van der Waals surface area contributed by atoms with Crippen molar-refractivity contribution in [1.29, 1.82) is 0 Å². The van der Waals surface area contributed by atoms with Crippen molar-refractivity contribution in [1.82, 2.24) is 0 Å². The van der Waals surface area contributed by atoms with Gasteiger partial charge in [0.15, 0.2) is 0 Å². The maximum absolute atomic E-state index is 12.9. The van der Waals surface area contributed by atoms with E-state index in [1.54, 1.807) is 24.0 Å². The van der Waals surface area contributed by atoms with Crippen LogP contribution in [0.1, 0.15) is 19.4 Å². The summed E-state index contributed by atoms with van der Waals surface area (Å²) in [5.74, 6) is -0.261. The van der Waals surface area contributed by atoms with Gasteiger partial charge in [0.2, 0.25) is 5.91 Å². The van der Waals surface area contributed by atoms with Crippen molar-refractivity contribution >= 4 is 22.4 Å². The minimum Gasteiger partial charge on any atom is -0.312 e. The van der Waals surface area contributed by atoms with Gasteiger partial charge in [0.05, 0.1) is 0 Å². The van der Waals surface area contributed by atoms with Crippen molar-refractivity contribution in [2.75, 3.05) is 11.4 Å². The van der Waals surface area contributed by atoms with Gasteiger partial charge in [-0.25, -0.2) is 4.39 Å². The molecule has 122 valence electrons. The summed E-state index contributed by atoms with van der Waals surface area (Å²) in [4.78, 5) is 14.3. The lowest BCUT2D eigenvalue weighted by molar-refractivity contribution is -0.117. The molecular weight excluding hydrogens is 313 g/mol. The first-order valence-electron chi connectivity index (χ1n) is 7.51. The van der Waals surface area contributed by atoms with Gasteiger partial charge < -0.3 is 4.90 Å². The van der Waals surface area contributed by atoms with Gasteiger partial charge in [-0.1, -0.05) is 30.3 Å². The summed E-state index contributed by atoms with van der Waals surface area (Å²) in [5, 5.41) is -0.625. The molecule has 5 heteroatoms. The standard InChI is InChI=1S/C18H20FNO2S/c1-3-20(17-7-5-4-6-8-17)18(21)14(2)23(22)13-15-9-11-16(19)12-10-15/h4-12,14H,3,13H2,1-2H3/t14-,23-/m0/s1. The maximum atomic E-state index is 12.9. The average molecular weight is 333 g/mol. The van der Waals surface area contributed by atoms with E-state index < -0.39 is 16.0 Å². The molecular formula is C18H20FNO2S. The van der Waals surface area contributed by atoms with E-state index in [9.17, 15) is 13.4 Å². The van der Waals surface area contributed by atoms with Crippen LogP contribution < -0.4 is 4.90 Å². The molecule has 0 aliphatic rings. The van der Waals surface area contributed by atoms with Crippen LogP contribution >= 0.6 is 0 Å². The van der Waals surface area contributed by atoms with Gasteiger partial charge in [0.1, 0.15) is 11.1 Å². The molecule has 0 unspecified atom stereocenters. The Morgan fingerprint density at radius 1 is 1.13 bits per heavy atom. The van der Waals surface area contributed by atoms with E-state index in [2.05, 4.69) is 0 Å². The normalized spacial score (nSPS) is 13.3. The first-order valence-corrected chi connectivity index (χ1v) is 8.89. The summed E-state index contributed by atoms with van der Waals surface area (Å²) in [6, 6.07) is 15.2. The quantitative estimate of drug-likeness (QED) is 0.811. The minimum atomic E-state index is -1.36. The second kappa shape index (κ2) is 8.02. The van der Waals surface area contributed by atoms with Crippen molar-refractivity contribution in [3.05, 3.63) is 66.0 Å². The number of benzene rings is 2. The molecule has 2 aromatic carbocycles. The molecule has 0 aliphatic heterocycles. The summed E-state index contributed by atoms with van der Waals surface area (Å²) < 4.78 is 25.4. The lowest BCUT2D eigenvalue weighted by atomic mass is 10.2. The molecule has 0 aliphatic carbocycles. The van der Waals surface area contributed by atoms with Gasteiger partial charge in [-0.3, -0.25) is 9.00 Å². The number of hydrogen-bond acceptors (Lipinski definition) is 2. The fourth-order valence-electron chi connectivity index (χ4n) is 2.28. The Morgan fingerprint density at radius 2 is 1.74 bits per heavy atom. The maximum Gasteiger partial charge on any atom is 0.242 e. The van der Waals surface area contributed by atoms with Crippen molar-refractivity contribution in [3.63, 3.8) is 0 Å². The Bertz CT molecular complexity index is 673. The van der Waals surface area contributed by atoms with E-state index in [-0.39, 0.29) is 17.5 Å². The van der Waals surface area contributed by atoms with Gasteiger partial charge in [-0.2, -0.15) is 0 Å². The highest BCUT2D eigenvalue weighted by Gasteiger charge is 2.25. The third-order valence-corrected chi connectivity index (χ3v) is 5.22. The molecule has 2 atom stereocenters. The summed E-state index contributed by atoms with van der Waals surface area (Å²) in [6.07, 6.45) is 0. The fourth-order valence-corrected chi connectivity index (χ4v) is 3.40. The number of carbonyl (C=O) groups is 1. The molecule has 0 N–H and O–H groups in total. The zero-order valence-corrected chi connectivity index (χ0v) is 14.1. The average Bonchev–Trinajstić information content (AvgIpc) is 2.57. The van der Waals surface area contributed by atoms with Crippen LogP contribution in [-0.4, -0.2) is 21.9 Å². The predicted molar refractivity (Wildman–Crippen MR) is 92.2 cm³/mol. The second-order valence-electron chi connectivity index (χ2n) is 5.21. The number of hydrogen-bond donors (Lipinski definition) is 0. The van der Waals surface area contributed by atoms with E-state index >= 15 is 0 Å². The van der Waals surface area contributed by atoms with Crippen molar-refractivity contribution in [3.8, 4) is 0 Å². The van der Waals surface area contributed by atoms with Gasteiger partial charge in [0.25, 0.3) is 0 Å². The Hall–Kier alpha value is -2.01. The van der Waals surface area contributed by atoms with Crippen molar-refractivity contribution in [2.24, 2.45) is 0 Å². The molecule has 0 aromatic heterocycles. The third kappa shape index (κ3) is 4.48. The van der Waals surface area contributed by atoms with E-state index in [4.69, 9.17) is 0 Å². The molecule has 0 saturated carbocycles. The molecule has 23 heavy (non-hydrogen) atoms. The SMILES string of the molecule is CCN(C(=O)[C@H](C)[S@@](=O)Cc1ccc(F)cc1)c1ccccc1. The molecule has 0 saturated heterocycles. The molecule has 2 rings (SSSR count). The minimum absolute atomic E-state index is 0.167. The molecule has 2 aromatic rings. The predicted octanol–water partition coefficient (Wildman–Crippen LogP) is 3.52. The molecule has 0 heterocycles. The Balaban J connectivity index is 2.08. The molecule has 0 fully saturated rings. The number of para-hydroxylation sites is 1. The third-order valence-electron chi connectivity index (χ3n) is 3.61. The van der Waals surface area contributed by atoms with Gasteiger partial charge >= 0.3 is 0 Å². The van der Waals surface area contributed by atoms with Crippen LogP contribution in [0.3, 0.4) is 0 Å². The molecule has 0 bridgehead atoms. The van der Waals surface area contributed by atoms with Gasteiger partial charge in [-0.15, -0.1) is 0 Å². The number of amides is 1. The van der Waals surface area contributed by atoms with Crippen LogP contribution in [0.25, 0.3) is 0 Å². The Kier molecular flexibility index (Phi) is 6.04. The highest BCUT2D eigenvalue weighted by Crippen LogP contribution is 2.17. The molecule has 0 spiro atoms. The van der Waals surface area contributed by atoms with E-state index in [1.165, 1.54) is 12.1 Å². The van der Waals surface area contributed by atoms with Crippen LogP contribution in [0.15, 0.2) is 54.6 Å². The largest absolute Gasteiger partial charge is 0.312 e. The number of nitrogens with zero attached hydrogens (tertiary/aromatic N) is 1. The number of rotatable bonds is 6. The zero-order valence-electron chi connectivity index (χ0n) is 13.2. The lowest BCUT2D eigenvalue weighted by Crippen LogP contribution is -2.40. The zero-order chi connectivity index (χ0) is 16.8. The van der Waals surface area contributed by atoms with Crippen LogP contribution in [0.5, 0.6) is 0 Å². The fraction of sp³-hybridized carbons (Fsp3) is 0.278. The lowest BCUT2D eigenvalue weighted by Gasteiger charge is -2.24. The molecule has 3 nitrogen and oxygen atoms in total. The highest BCUT2D eigenvalue weighted by molar-refractivity contribution is 7.85. The van der Waals surface area contributed by atoms with E-state index in [0.717, 1.165) is 11.3 Å². The summed E-state index contributed by atoms with van der Waals surface area (Å²) in [7, 11) is -1.36. The van der Waals surface area contributed by atoms with Crippen molar-refractivity contribution in [2.45, 2.75) is 24.9 Å². The highest BCUT2D eigenvalue weighted by atomic mass is 32.2. The Morgan fingerprint density at radius 3 is 2.30 bits per heavy atom. The smallest absolute Gasteiger partial charge is 0.242 e. The number of carbonyl (C=O) groups excluding carboxylic acids is 1. The van der Waals surface area contributed by atoms with Crippen molar-refractivity contribution < 1.29 is 13.4 Å². The summed E-state index contributed by atoms with van der Waals surface area (Å²) in [5.41, 5.74) is 1.55. The van der Waals surface area contributed by atoms with Crippen LogP contribution in [0.2, 0.25) is 0 Å². The first-order chi connectivity index (χ1) is 11.0. The van der Waals surface area contributed by atoms with Gasteiger partial charge in [-0.05, 0) is 43.7 Å². The number of anilines is 1. The van der Waals surface area contributed by atoms with Crippen LogP contribution in [-0.2, 0) is 21.3 Å². The van der Waals surface area contributed by atoms with E-state index in [1.807, 2.05) is 37.3 Å².